The van der Waals surface area contributed by atoms with Crippen molar-refractivity contribution in [2.45, 2.75) is 58.1 Å². The highest BCUT2D eigenvalue weighted by Gasteiger charge is 2.31. The number of fused-ring (bicyclic) bond motifs is 1. The quantitative estimate of drug-likeness (QED) is 0.164. The largest absolute Gasteiger partial charge is 0.507 e. The summed E-state index contributed by atoms with van der Waals surface area (Å²) >= 11 is 0. The number of aryl methyl sites for hydroxylation is 2. The van der Waals surface area contributed by atoms with Crippen LogP contribution >= 0.6 is 0 Å². The van der Waals surface area contributed by atoms with Crippen LogP contribution in [0.25, 0.3) is 22.2 Å². The molecule has 4 fully saturated rings. The molecule has 4 saturated heterocycles. The number of rotatable bonds is 8. The highest BCUT2D eigenvalue weighted by atomic mass is 16.5. The zero-order chi connectivity index (χ0) is 41.5. The summed E-state index contributed by atoms with van der Waals surface area (Å²) in [6.45, 7) is 10.9. The van der Waals surface area contributed by atoms with Crippen molar-refractivity contribution in [3.63, 3.8) is 0 Å². The first kappa shape index (κ1) is 39.5. The standard InChI is InChI=1S/C46H53N9O5/c1-29-24-32(10-11-34(29)42-28-53(22-23-60-42)40-26-37(49-50-44(40)47)35-6-3-4-9-41(35)56)45(58)52-19-12-31(13-20-52)27-51-17-14-33(15-18-51)55-30(2)25-36-38(7-5-8-39(36)55)54-21-16-43(57)48-46(54)59/h3-11,24-26,31,33,42,56H,12-23,27-28H2,1-2H3,(H2,47,50)(H,48,57,59). The van der Waals surface area contributed by atoms with E-state index in [1.165, 1.54) is 5.69 Å². The number of benzene rings is 3. The van der Waals surface area contributed by atoms with Gasteiger partial charge in [-0.05, 0) is 105 Å². The number of hydrogen-bond donors (Lipinski definition) is 3. The lowest BCUT2D eigenvalue weighted by molar-refractivity contribution is -0.120. The Bertz CT molecular complexity index is 2430. The van der Waals surface area contributed by atoms with Crippen LogP contribution < -0.4 is 20.9 Å². The van der Waals surface area contributed by atoms with Crippen molar-refractivity contribution < 1.29 is 24.2 Å². The second-order valence-corrected chi connectivity index (χ2v) is 16.8. The molecule has 1 atom stereocenters. The Balaban J connectivity index is 0.777. The number of imide groups is 1. The van der Waals surface area contributed by atoms with E-state index in [0.717, 1.165) is 91.8 Å². The van der Waals surface area contributed by atoms with Crippen molar-refractivity contribution >= 4 is 45.9 Å². The summed E-state index contributed by atoms with van der Waals surface area (Å²) < 4.78 is 8.71. The first-order valence-corrected chi connectivity index (χ1v) is 21.2. The van der Waals surface area contributed by atoms with E-state index in [1.807, 2.05) is 54.3 Å². The van der Waals surface area contributed by atoms with Crippen molar-refractivity contribution in [2.75, 3.05) is 74.5 Å². The molecule has 4 aliphatic heterocycles. The van der Waals surface area contributed by atoms with Gasteiger partial charge in [-0.25, -0.2) is 4.79 Å². The summed E-state index contributed by atoms with van der Waals surface area (Å²) in [6, 6.07) is 23.2. The lowest BCUT2D eigenvalue weighted by Crippen LogP contribution is -2.49. The van der Waals surface area contributed by atoms with Gasteiger partial charge < -0.3 is 34.8 Å². The van der Waals surface area contributed by atoms with Crippen molar-refractivity contribution in [3.05, 3.63) is 95.2 Å². The number of carbonyl (C=O) groups is 3. The van der Waals surface area contributed by atoms with Gasteiger partial charge in [0.1, 0.15) is 11.9 Å². The molecular weight excluding hydrogens is 759 g/mol. The minimum absolute atomic E-state index is 0.0781. The fourth-order valence-electron chi connectivity index (χ4n) is 9.80. The fraction of sp³-hybridized carbons (Fsp3) is 0.413. The molecule has 0 spiro atoms. The molecule has 14 nitrogen and oxygen atoms in total. The second kappa shape index (κ2) is 16.6. The number of piperidine rings is 2. The molecule has 0 aliphatic carbocycles. The summed E-state index contributed by atoms with van der Waals surface area (Å²) in [6.07, 6.45) is 4.18. The van der Waals surface area contributed by atoms with Crippen molar-refractivity contribution in [1.82, 2.24) is 29.9 Å². The highest BCUT2D eigenvalue weighted by Crippen LogP contribution is 2.37. The summed E-state index contributed by atoms with van der Waals surface area (Å²) in [7, 11) is 0. The normalized spacial score (nSPS) is 19.9. The van der Waals surface area contributed by atoms with E-state index >= 15 is 0 Å². The lowest BCUT2D eigenvalue weighted by Gasteiger charge is -2.38. The summed E-state index contributed by atoms with van der Waals surface area (Å²) in [5.74, 6) is 0.858. The molecule has 0 radical (unpaired) electrons. The molecule has 6 heterocycles. The third-order valence-corrected chi connectivity index (χ3v) is 13.0. The topological polar surface area (TPSA) is 162 Å². The molecule has 1 unspecified atom stereocenters. The van der Waals surface area contributed by atoms with E-state index in [2.05, 4.69) is 48.9 Å². The SMILES string of the molecule is Cc1cc(C(=O)N2CCC(CN3CCC(n4c(C)cc5c(N6CCC(=O)NC6=O)cccc54)CC3)CC2)ccc1C1CN(c2cc(-c3ccccc3O)nnc2N)CCO1. The van der Waals surface area contributed by atoms with E-state index in [0.29, 0.717) is 67.3 Å². The van der Waals surface area contributed by atoms with Gasteiger partial charge in [-0.15, -0.1) is 10.2 Å². The molecule has 0 saturated carbocycles. The second-order valence-electron chi connectivity index (χ2n) is 16.8. The van der Waals surface area contributed by atoms with E-state index in [-0.39, 0.29) is 29.7 Å². The zero-order valence-corrected chi connectivity index (χ0v) is 34.3. The van der Waals surface area contributed by atoms with E-state index in [9.17, 15) is 19.5 Å². The van der Waals surface area contributed by atoms with Crippen LogP contribution in [0.3, 0.4) is 0 Å². The lowest BCUT2D eigenvalue weighted by atomic mass is 9.93. The number of likely N-dealkylation sites (tertiary alicyclic amines) is 2. The predicted octanol–water partition coefficient (Wildman–Crippen LogP) is 6.22. The number of nitrogens with two attached hydrogens (primary N) is 1. The number of para-hydroxylation sites is 1. The van der Waals surface area contributed by atoms with Crippen LogP contribution in [0.5, 0.6) is 5.75 Å². The monoisotopic (exact) mass is 811 g/mol. The number of hydrogen-bond acceptors (Lipinski definition) is 10. The van der Waals surface area contributed by atoms with Gasteiger partial charge in [0, 0.05) is 87.0 Å². The van der Waals surface area contributed by atoms with Gasteiger partial charge in [0.05, 0.1) is 29.2 Å². The molecule has 4 N–H and O–H groups in total. The van der Waals surface area contributed by atoms with E-state index in [1.54, 1.807) is 23.1 Å². The predicted molar refractivity (Wildman–Crippen MR) is 231 cm³/mol. The maximum Gasteiger partial charge on any atom is 0.328 e. The number of anilines is 3. The molecule has 5 aromatic rings. The Kier molecular flexibility index (Phi) is 10.9. The number of phenols is 1. The Morgan fingerprint density at radius 2 is 1.68 bits per heavy atom. The number of nitrogens with one attached hydrogen (secondary N) is 1. The first-order valence-electron chi connectivity index (χ1n) is 21.2. The van der Waals surface area contributed by atoms with Gasteiger partial charge in [-0.2, -0.15) is 0 Å². The van der Waals surface area contributed by atoms with Gasteiger partial charge in [0.25, 0.3) is 5.91 Å². The molecule has 2 aromatic heterocycles. The number of ether oxygens (including phenoxy) is 1. The number of carbonyl (C=O) groups excluding carboxylic acids is 3. The summed E-state index contributed by atoms with van der Waals surface area (Å²) in [5.41, 5.74) is 14.1. The smallest absolute Gasteiger partial charge is 0.328 e. The van der Waals surface area contributed by atoms with Crippen molar-refractivity contribution in [2.24, 2.45) is 5.92 Å². The number of amides is 4. The van der Waals surface area contributed by atoms with Crippen LogP contribution in [0.15, 0.2) is 72.8 Å². The average Bonchev–Trinajstić information content (AvgIpc) is 3.60. The number of urea groups is 1. The van der Waals surface area contributed by atoms with Crippen LogP contribution in [-0.4, -0.2) is 106 Å². The number of aromatic hydroxyl groups is 1. The number of nitrogen functional groups attached to an aromatic ring is 1. The molecule has 9 rings (SSSR count). The van der Waals surface area contributed by atoms with Crippen molar-refractivity contribution in [3.8, 4) is 17.0 Å². The van der Waals surface area contributed by atoms with E-state index in [4.69, 9.17) is 10.5 Å². The number of aromatic nitrogens is 3. The Morgan fingerprint density at radius 3 is 2.45 bits per heavy atom. The first-order chi connectivity index (χ1) is 29.1. The highest BCUT2D eigenvalue weighted by molar-refractivity contribution is 6.09. The molecule has 60 heavy (non-hydrogen) atoms. The number of phenolic OH excluding ortho intramolecular Hbond substituents is 1. The molecule has 312 valence electrons. The van der Waals surface area contributed by atoms with Gasteiger partial charge in [0.2, 0.25) is 5.91 Å². The van der Waals surface area contributed by atoms with Crippen LogP contribution in [0.2, 0.25) is 0 Å². The Labute approximate surface area is 349 Å². The fourth-order valence-corrected chi connectivity index (χ4v) is 9.80. The van der Waals surface area contributed by atoms with Gasteiger partial charge in [-0.1, -0.05) is 24.3 Å². The Hall–Kier alpha value is -5.99. The molecule has 3 aromatic carbocycles. The minimum atomic E-state index is -0.356. The molecule has 0 bridgehead atoms. The van der Waals surface area contributed by atoms with Crippen LogP contribution in [0.4, 0.5) is 22.0 Å². The molecular formula is C46H53N9O5. The summed E-state index contributed by atoms with van der Waals surface area (Å²) in [5, 5.41) is 22.4. The van der Waals surface area contributed by atoms with Crippen molar-refractivity contribution in [1.29, 1.82) is 0 Å². The van der Waals surface area contributed by atoms with Gasteiger partial charge >= 0.3 is 6.03 Å². The molecule has 4 aliphatic rings. The number of nitrogens with zero attached hydrogens (tertiary/aromatic N) is 7. The number of morpholine rings is 1. The molecule has 14 heteroatoms. The zero-order valence-electron chi connectivity index (χ0n) is 34.3. The Morgan fingerprint density at radius 1 is 0.883 bits per heavy atom. The van der Waals surface area contributed by atoms with Crippen LogP contribution in [0, 0.1) is 19.8 Å². The maximum atomic E-state index is 13.8. The van der Waals surface area contributed by atoms with E-state index < -0.39 is 0 Å². The average molecular weight is 812 g/mol. The van der Waals surface area contributed by atoms with Crippen LogP contribution in [-0.2, 0) is 9.53 Å². The molecule has 4 amide bonds. The summed E-state index contributed by atoms with van der Waals surface area (Å²) in [4.78, 5) is 46.7. The van der Waals surface area contributed by atoms with Gasteiger partial charge in [-0.3, -0.25) is 19.8 Å². The maximum absolute atomic E-state index is 13.8. The third-order valence-electron chi connectivity index (χ3n) is 13.0. The van der Waals surface area contributed by atoms with Crippen LogP contribution in [0.1, 0.15) is 71.4 Å². The third kappa shape index (κ3) is 7.77. The van der Waals surface area contributed by atoms with Gasteiger partial charge in [0.15, 0.2) is 5.82 Å². The minimum Gasteiger partial charge on any atom is -0.507 e.